The first-order chi connectivity index (χ1) is 8.97. The van der Waals surface area contributed by atoms with E-state index >= 15 is 0 Å². The van der Waals surface area contributed by atoms with Gasteiger partial charge in [0.25, 0.3) is 0 Å². The number of nitrogens with one attached hydrogen (secondary N) is 1. The summed E-state index contributed by atoms with van der Waals surface area (Å²) in [6.07, 6.45) is 0. The van der Waals surface area contributed by atoms with Gasteiger partial charge in [-0.25, -0.2) is 4.39 Å². The van der Waals surface area contributed by atoms with Crippen LogP contribution in [-0.2, 0) is 6.54 Å². The van der Waals surface area contributed by atoms with Crippen LogP contribution in [0, 0.1) is 11.7 Å². The number of hydrogen-bond donors (Lipinski definition) is 1. The molecule has 1 fully saturated rings. The fourth-order valence-electron chi connectivity index (χ4n) is 2.71. The topological polar surface area (TPSA) is 15.3 Å². The van der Waals surface area contributed by atoms with Crippen LogP contribution in [-0.4, -0.2) is 30.1 Å². The van der Waals surface area contributed by atoms with E-state index in [-0.39, 0.29) is 5.82 Å². The van der Waals surface area contributed by atoms with Crippen molar-refractivity contribution in [3.63, 3.8) is 0 Å². The van der Waals surface area contributed by atoms with E-state index in [1.165, 1.54) is 6.07 Å². The minimum Gasteiger partial charge on any atom is -0.311 e. The summed E-state index contributed by atoms with van der Waals surface area (Å²) in [6, 6.07) is 5.85. The van der Waals surface area contributed by atoms with Crippen molar-refractivity contribution in [3.8, 4) is 0 Å². The van der Waals surface area contributed by atoms with Crippen LogP contribution in [0.25, 0.3) is 0 Å². The summed E-state index contributed by atoms with van der Waals surface area (Å²) in [5, 5.41) is 3.95. The maximum absolute atomic E-state index is 13.9. The van der Waals surface area contributed by atoms with Crippen molar-refractivity contribution in [3.05, 3.63) is 34.6 Å². The van der Waals surface area contributed by atoms with E-state index in [9.17, 15) is 4.39 Å². The largest absolute Gasteiger partial charge is 0.311 e. The summed E-state index contributed by atoms with van der Waals surface area (Å²) < 4.78 is 13.9. The fraction of sp³-hybridized carbons (Fsp3) is 0.600. The molecule has 1 saturated heterocycles. The summed E-state index contributed by atoms with van der Waals surface area (Å²) in [7, 11) is 0. The molecule has 2 unspecified atom stereocenters. The van der Waals surface area contributed by atoms with Gasteiger partial charge in [-0.3, -0.25) is 4.90 Å². The number of nitrogens with zero attached hydrogens (tertiary/aromatic N) is 1. The van der Waals surface area contributed by atoms with Gasteiger partial charge in [0.2, 0.25) is 0 Å². The van der Waals surface area contributed by atoms with Crippen LogP contribution in [0.5, 0.6) is 0 Å². The molecule has 0 aromatic heterocycles. The summed E-state index contributed by atoms with van der Waals surface area (Å²) in [4.78, 5) is 2.37. The van der Waals surface area contributed by atoms with Crippen molar-refractivity contribution in [2.45, 2.75) is 39.4 Å². The predicted octanol–water partition coefficient (Wildman–Crippen LogP) is 3.30. The third kappa shape index (κ3) is 3.68. The van der Waals surface area contributed by atoms with Crippen molar-refractivity contribution < 1.29 is 4.39 Å². The highest BCUT2D eigenvalue weighted by atomic mass is 35.5. The maximum Gasteiger partial charge on any atom is 0.129 e. The van der Waals surface area contributed by atoms with Gasteiger partial charge < -0.3 is 5.32 Å². The van der Waals surface area contributed by atoms with Gasteiger partial charge in [-0.2, -0.15) is 0 Å². The Bertz CT molecular complexity index is 436. The Labute approximate surface area is 119 Å². The van der Waals surface area contributed by atoms with Crippen molar-refractivity contribution in [1.82, 2.24) is 10.2 Å². The standard InChI is InChI=1S/C15H22ClFN2/c1-10(2)15-7-18-11(3)8-19(15)9-12-4-5-13(16)6-14(12)17/h4-6,10-11,15,18H,7-9H2,1-3H3. The lowest BCUT2D eigenvalue weighted by atomic mass is 9.98. The number of hydrogen-bond acceptors (Lipinski definition) is 2. The van der Waals surface area contributed by atoms with Gasteiger partial charge >= 0.3 is 0 Å². The second-order valence-electron chi connectivity index (χ2n) is 5.79. The number of rotatable bonds is 3. The molecular formula is C15H22ClFN2. The molecule has 2 nitrogen and oxygen atoms in total. The van der Waals surface area contributed by atoms with Crippen molar-refractivity contribution in [1.29, 1.82) is 0 Å². The maximum atomic E-state index is 13.9. The third-order valence-corrected chi connectivity index (χ3v) is 4.05. The Balaban J connectivity index is 2.14. The molecule has 106 valence electrons. The Kier molecular flexibility index (Phi) is 4.82. The van der Waals surface area contributed by atoms with Crippen LogP contribution in [0.3, 0.4) is 0 Å². The molecule has 0 aliphatic carbocycles. The van der Waals surface area contributed by atoms with Gasteiger partial charge in [0.15, 0.2) is 0 Å². The number of piperazine rings is 1. The van der Waals surface area contributed by atoms with E-state index in [2.05, 4.69) is 31.0 Å². The van der Waals surface area contributed by atoms with Gasteiger partial charge in [-0.05, 0) is 25.0 Å². The molecule has 2 rings (SSSR count). The van der Waals surface area contributed by atoms with Crippen molar-refractivity contribution in [2.24, 2.45) is 5.92 Å². The van der Waals surface area contributed by atoms with E-state index in [0.29, 0.717) is 29.6 Å². The molecule has 1 heterocycles. The lowest BCUT2D eigenvalue weighted by Crippen LogP contribution is -2.56. The molecule has 1 aromatic rings. The molecule has 0 amide bonds. The average Bonchev–Trinajstić information content (AvgIpc) is 2.32. The Hall–Kier alpha value is -0.640. The molecule has 0 spiro atoms. The second kappa shape index (κ2) is 6.21. The molecule has 0 saturated carbocycles. The summed E-state index contributed by atoms with van der Waals surface area (Å²) >= 11 is 5.80. The van der Waals surface area contributed by atoms with E-state index in [0.717, 1.165) is 18.7 Å². The first-order valence-corrected chi connectivity index (χ1v) is 7.26. The Morgan fingerprint density at radius 3 is 2.84 bits per heavy atom. The van der Waals surface area contributed by atoms with Crippen LogP contribution in [0.2, 0.25) is 5.02 Å². The van der Waals surface area contributed by atoms with Gasteiger partial charge in [-0.1, -0.05) is 31.5 Å². The van der Waals surface area contributed by atoms with Gasteiger partial charge in [0, 0.05) is 42.3 Å². The zero-order chi connectivity index (χ0) is 14.0. The molecule has 19 heavy (non-hydrogen) atoms. The zero-order valence-corrected chi connectivity index (χ0v) is 12.5. The normalized spacial score (nSPS) is 24.9. The highest BCUT2D eigenvalue weighted by Gasteiger charge is 2.28. The van der Waals surface area contributed by atoms with E-state index in [1.807, 2.05) is 0 Å². The second-order valence-corrected chi connectivity index (χ2v) is 6.22. The van der Waals surface area contributed by atoms with Gasteiger partial charge in [0.1, 0.15) is 5.82 Å². The smallest absolute Gasteiger partial charge is 0.129 e. The van der Waals surface area contributed by atoms with E-state index in [1.54, 1.807) is 12.1 Å². The lowest BCUT2D eigenvalue weighted by Gasteiger charge is -2.41. The third-order valence-electron chi connectivity index (χ3n) is 3.81. The molecule has 1 aliphatic rings. The molecule has 1 aliphatic heterocycles. The van der Waals surface area contributed by atoms with E-state index in [4.69, 9.17) is 11.6 Å². The summed E-state index contributed by atoms with van der Waals surface area (Å²) in [5.74, 6) is 0.344. The molecule has 0 bridgehead atoms. The highest BCUT2D eigenvalue weighted by molar-refractivity contribution is 6.30. The predicted molar refractivity (Wildman–Crippen MR) is 77.9 cm³/mol. The van der Waals surface area contributed by atoms with E-state index < -0.39 is 0 Å². The van der Waals surface area contributed by atoms with Crippen molar-refractivity contribution >= 4 is 11.6 Å². The minimum absolute atomic E-state index is 0.207. The molecule has 4 heteroatoms. The summed E-state index contributed by atoms with van der Waals surface area (Å²) in [6.45, 7) is 9.17. The van der Waals surface area contributed by atoms with Crippen LogP contribution >= 0.6 is 11.6 Å². The van der Waals surface area contributed by atoms with Crippen LogP contribution in [0.1, 0.15) is 26.3 Å². The van der Waals surface area contributed by atoms with Crippen LogP contribution in [0.4, 0.5) is 4.39 Å². The van der Waals surface area contributed by atoms with Crippen LogP contribution < -0.4 is 5.32 Å². The SMILES string of the molecule is CC1CN(Cc2ccc(Cl)cc2F)C(C(C)C)CN1. The Morgan fingerprint density at radius 2 is 2.21 bits per heavy atom. The molecule has 1 aromatic carbocycles. The molecular weight excluding hydrogens is 263 g/mol. The lowest BCUT2D eigenvalue weighted by molar-refractivity contribution is 0.0944. The number of benzene rings is 1. The minimum atomic E-state index is -0.207. The monoisotopic (exact) mass is 284 g/mol. The Morgan fingerprint density at radius 1 is 1.47 bits per heavy atom. The molecule has 0 radical (unpaired) electrons. The quantitative estimate of drug-likeness (QED) is 0.916. The highest BCUT2D eigenvalue weighted by Crippen LogP contribution is 2.21. The molecule has 1 N–H and O–H groups in total. The number of halogens is 2. The van der Waals surface area contributed by atoms with Crippen molar-refractivity contribution in [2.75, 3.05) is 13.1 Å². The summed E-state index contributed by atoms with van der Waals surface area (Å²) in [5.41, 5.74) is 0.726. The van der Waals surface area contributed by atoms with Gasteiger partial charge in [-0.15, -0.1) is 0 Å². The van der Waals surface area contributed by atoms with Crippen LogP contribution in [0.15, 0.2) is 18.2 Å². The molecule has 2 atom stereocenters. The zero-order valence-electron chi connectivity index (χ0n) is 11.8. The first-order valence-electron chi connectivity index (χ1n) is 6.88. The first kappa shape index (κ1) is 14.8. The average molecular weight is 285 g/mol. The van der Waals surface area contributed by atoms with Gasteiger partial charge in [0.05, 0.1) is 0 Å². The fourth-order valence-corrected chi connectivity index (χ4v) is 2.87.